The topological polar surface area (TPSA) is 183 Å². The molecule has 2 aromatic rings. The number of hydrogen-bond acceptors (Lipinski definition) is 9. The Kier molecular flexibility index (Phi) is 9.09. The summed E-state index contributed by atoms with van der Waals surface area (Å²) in [4.78, 5) is 24.3. The molecule has 0 aliphatic carbocycles. The number of methoxy groups -OCH3 is 2. The highest BCUT2D eigenvalue weighted by atomic mass is 32.2. The minimum atomic E-state index is -4.00. The largest absolute Gasteiger partial charge is 0.493 e. The van der Waals surface area contributed by atoms with Crippen molar-refractivity contribution in [2.24, 2.45) is 5.14 Å². The van der Waals surface area contributed by atoms with Crippen molar-refractivity contribution in [3.63, 3.8) is 0 Å². The maximum absolute atomic E-state index is 13.2. The molecule has 1 aliphatic heterocycles. The minimum absolute atomic E-state index is 0.0315. The van der Waals surface area contributed by atoms with Crippen molar-refractivity contribution in [1.29, 1.82) is 0 Å². The van der Waals surface area contributed by atoms with Crippen molar-refractivity contribution in [3.05, 3.63) is 48.0 Å². The van der Waals surface area contributed by atoms with Crippen LogP contribution in [0.4, 0.5) is 0 Å². The Hall–Kier alpha value is -3.24. The molecule has 0 bridgehead atoms. The Morgan fingerprint density at radius 3 is 2.22 bits per heavy atom. The Morgan fingerprint density at radius 2 is 1.59 bits per heavy atom. The molecule has 2 amide bonds. The smallest absolute Gasteiger partial charge is 0.309 e. The summed E-state index contributed by atoms with van der Waals surface area (Å²) < 4.78 is 65.8. The molecule has 4 N–H and O–H groups in total. The van der Waals surface area contributed by atoms with Gasteiger partial charge in [-0.05, 0) is 36.2 Å². The van der Waals surface area contributed by atoms with Gasteiger partial charge in [-0.25, -0.2) is 22.0 Å². The van der Waals surface area contributed by atoms with E-state index in [4.69, 9.17) is 19.3 Å². The molecule has 15 heteroatoms. The second-order valence-corrected chi connectivity index (χ2v) is 11.3. The van der Waals surface area contributed by atoms with E-state index in [2.05, 4.69) is 10.6 Å². The number of hydrogen-bond donors (Lipinski definition) is 3. The first-order chi connectivity index (χ1) is 17.5. The number of rotatable bonds is 10. The van der Waals surface area contributed by atoms with E-state index < -0.39 is 38.1 Å². The number of ether oxygens (including phenoxy) is 3. The highest BCUT2D eigenvalue weighted by molar-refractivity contribution is 7.89. The number of nitrogens with zero attached hydrogens (tertiary/aromatic N) is 1. The molecule has 0 spiro atoms. The van der Waals surface area contributed by atoms with Gasteiger partial charge in [0.1, 0.15) is 6.23 Å². The van der Waals surface area contributed by atoms with Crippen LogP contribution in [-0.2, 0) is 40.8 Å². The van der Waals surface area contributed by atoms with Gasteiger partial charge in [0.25, 0.3) is 0 Å². The van der Waals surface area contributed by atoms with E-state index in [1.54, 1.807) is 12.1 Å². The minimum Gasteiger partial charge on any atom is -0.493 e. The van der Waals surface area contributed by atoms with E-state index in [-0.39, 0.29) is 41.8 Å². The summed E-state index contributed by atoms with van der Waals surface area (Å²) in [5.41, 5.74) is 0.725. The van der Waals surface area contributed by atoms with Crippen molar-refractivity contribution < 1.29 is 40.6 Å². The van der Waals surface area contributed by atoms with Crippen LogP contribution in [-0.4, -0.2) is 79.6 Å². The SMILES string of the molecule is COc1ccc(S(=O)(=O)N2CCO[C@@H]2CNC(=O)C(=O)NCCc2ccc(S(N)(=O)=O)cc2)cc1OC. The van der Waals surface area contributed by atoms with Crippen LogP contribution in [0.2, 0.25) is 0 Å². The molecule has 13 nitrogen and oxygen atoms in total. The molecule has 202 valence electrons. The number of carbonyl (C=O) groups is 2. The lowest BCUT2D eigenvalue weighted by atomic mass is 10.1. The number of nitrogens with one attached hydrogen (secondary N) is 2. The molecule has 3 rings (SSSR count). The number of carbonyl (C=O) groups excluding carboxylic acids is 2. The van der Waals surface area contributed by atoms with Gasteiger partial charge < -0.3 is 24.8 Å². The summed E-state index contributed by atoms with van der Waals surface area (Å²) in [5, 5.41) is 9.89. The van der Waals surface area contributed by atoms with Crippen LogP contribution < -0.4 is 25.2 Å². The third kappa shape index (κ3) is 6.95. The fourth-order valence-corrected chi connectivity index (χ4v) is 5.60. The summed E-state index contributed by atoms with van der Waals surface area (Å²) in [6.45, 7) is 0.0473. The van der Waals surface area contributed by atoms with Gasteiger partial charge in [-0.1, -0.05) is 12.1 Å². The molecule has 1 saturated heterocycles. The van der Waals surface area contributed by atoms with Crippen LogP contribution in [0.15, 0.2) is 52.3 Å². The average Bonchev–Trinajstić information content (AvgIpc) is 3.36. The summed E-state index contributed by atoms with van der Waals surface area (Å²) in [6.07, 6.45) is -0.667. The lowest BCUT2D eigenvalue weighted by Crippen LogP contribution is -2.47. The first-order valence-electron chi connectivity index (χ1n) is 11.0. The lowest BCUT2D eigenvalue weighted by molar-refractivity contribution is -0.139. The van der Waals surface area contributed by atoms with E-state index in [1.165, 1.54) is 44.6 Å². The molecule has 0 radical (unpaired) electrons. The van der Waals surface area contributed by atoms with Crippen molar-refractivity contribution in [1.82, 2.24) is 14.9 Å². The zero-order valence-electron chi connectivity index (χ0n) is 20.2. The highest BCUT2D eigenvalue weighted by Crippen LogP contribution is 2.31. The summed E-state index contributed by atoms with van der Waals surface area (Å²) in [6, 6.07) is 9.98. The number of primary sulfonamides is 1. The normalized spacial score (nSPS) is 16.2. The quantitative estimate of drug-likeness (QED) is 0.315. The monoisotopic (exact) mass is 556 g/mol. The third-order valence-electron chi connectivity index (χ3n) is 5.50. The van der Waals surface area contributed by atoms with E-state index in [0.717, 1.165) is 9.87 Å². The molecule has 0 aromatic heterocycles. The molecule has 1 heterocycles. The fourth-order valence-electron chi connectivity index (χ4n) is 3.56. The van der Waals surface area contributed by atoms with Gasteiger partial charge in [0, 0.05) is 19.2 Å². The average molecular weight is 557 g/mol. The number of amides is 2. The molecular formula is C22H28N4O9S2. The molecule has 1 aliphatic rings. The van der Waals surface area contributed by atoms with Crippen LogP contribution >= 0.6 is 0 Å². The van der Waals surface area contributed by atoms with Gasteiger partial charge in [-0.15, -0.1) is 0 Å². The van der Waals surface area contributed by atoms with E-state index >= 15 is 0 Å². The van der Waals surface area contributed by atoms with Crippen LogP contribution in [0.25, 0.3) is 0 Å². The Balaban J connectivity index is 1.53. The van der Waals surface area contributed by atoms with Crippen molar-refractivity contribution in [2.75, 3.05) is 40.5 Å². The first kappa shape index (κ1) is 28.3. The van der Waals surface area contributed by atoms with Crippen molar-refractivity contribution >= 4 is 31.9 Å². The van der Waals surface area contributed by atoms with E-state index in [1.807, 2.05) is 0 Å². The van der Waals surface area contributed by atoms with Crippen molar-refractivity contribution in [2.45, 2.75) is 22.4 Å². The molecule has 0 unspecified atom stereocenters. The Bertz CT molecular complexity index is 1350. The first-order valence-corrected chi connectivity index (χ1v) is 14.0. The van der Waals surface area contributed by atoms with Gasteiger partial charge in [0.2, 0.25) is 20.0 Å². The van der Waals surface area contributed by atoms with Crippen LogP contribution in [0.3, 0.4) is 0 Å². The molecule has 1 atom stereocenters. The molecule has 0 saturated carbocycles. The highest BCUT2D eigenvalue weighted by Gasteiger charge is 2.37. The fraction of sp³-hybridized carbons (Fsp3) is 0.364. The summed E-state index contributed by atoms with van der Waals surface area (Å²) in [5.74, 6) is -1.25. The van der Waals surface area contributed by atoms with Crippen LogP contribution in [0.1, 0.15) is 5.56 Å². The van der Waals surface area contributed by atoms with E-state index in [9.17, 15) is 26.4 Å². The van der Waals surface area contributed by atoms with Crippen molar-refractivity contribution in [3.8, 4) is 11.5 Å². The van der Waals surface area contributed by atoms with Gasteiger partial charge in [0.15, 0.2) is 11.5 Å². The maximum atomic E-state index is 13.2. The molecule has 37 heavy (non-hydrogen) atoms. The van der Waals surface area contributed by atoms with Crippen LogP contribution in [0, 0.1) is 0 Å². The molecule has 1 fully saturated rings. The van der Waals surface area contributed by atoms with E-state index in [0.29, 0.717) is 12.2 Å². The number of sulfonamides is 2. The zero-order chi connectivity index (χ0) is 27.2. The van der Waals surface area contributed by atoms with Gasteiger partial charge >= 0.3 is 11.8 Å². The van der Waals surface area contributed by atoms with Gasteiger partial charge in [-0.2, -0.15) is 4.31 Å². The van der Waals surface area contributed by atoms with Crippen LogP contribution in [0.5, 0.6) is 11.5 Å². The summed E-state index contributed by atoms with van der Waals surface area (Å²) >= 11 is 0. The summed E-state index contributed by atoms with van der Waals surface area (Å²) in [7, 11) is -4.97. The van der Waals surface area contributed by atoms with Gasteiger partial charge in [0.05, 0.1) is 37.2 Å². The standard InChI is InChI=1S/C22H28N4O9S2/c1-33-18-8-7-17(13-19(18)34-2)37(31,32)26-11-12-35-20(26)14-25-22(28)21(27)24-10-9-15-3-5-16(6-4-15)36(23,29)30/h3-8,13,20H,9-12,14H2,1-2H3,(H,24,27)(H,25,28)(H2,23,29,30)/t20-/m1/s1. The number of nitrogens with two attached hydrogens (primary N) is 1. The number of benzene rings is 2. The Morgan fingerprint density at radius 1 is 0.973 bits per heavy atom. The lowest BCUT2D eigenvalue weighted by Gasteiger charge is -2.23. The maximum Gasteiger partial charge on any atom is 0.309 e. The third-order valence-corrected chi connectivity index (χ3v) is 8.31. The Labute approximate surface area is 215 Å². The predicted molar refractivity (Wildman–Crippen MR) is 131 cm³/mol. The second-order valence-electron chi connectivity index (χ2n) is 7.86. The zero-order valence-corrected chi connectivity index (χ0v) is 21.8. The predicted octanol–water partition coefficient (Wildman–Crippen LogP) is -0.827. The molecular weight excluding hydrogens is 528 g/mol. The molecule has 2 aromatic carbocycles. The van der Waals surface area contributed by atoms with Gasteiger partial charge in [-0.3, -0.25) is 9.59 Å². The second kappa shape index (κ2) is 11.9.